The number of anilines is 1. The molecule has 23 heavy (non-hydrogen) atoms. The maximum Gasteiger partial charge on any atom is 0.254 e. The molecule has 0 aromatic heterocycles. The van der Waals surface area contributed by atoms with Gasteiger partial charge in [0.25, 0.3) is 5.91 Å². The number of carbonyl (C=O) groups excluding carboxylic acids is 1. The molecule has 2 aromatic rings. The van der Waals surface area contributed by atoms with Gasteiger partial charge < -0.3 is 9.80 Å². The fraction of sp³-hybridized carbons (Fsp3) is 0.316. The number of benzene rings is 2. The van der Waals surface area contributed by atoms with Crippen LogP contribution in [0.1, 0.15) is 21.5 Å². The van der Waals surface area contributed by atoms with E-state index in [-0.39, 0.29) is 5.91 Å². The van der Waals surface area contributed by atoms with Gasteiger partial charge in [-0.05, 0) is 43.7 Å². The van der Waals surface area contributed by atoms with Crippen molar-refractivity contribution in [2.45, 2.75) is 13.8 Å². The van der Waals surface area contributed by atoms with Crippen LogP contribution in [0.15, 0.2) is 42.5 Å². The molecule has 4 heteroatoms. The first kappa shape index (κ1) is 15.9. The van der Waals surface area contributed by atoms with Crippen molar-refractivity contribution in [3.8, 4) is 0 Å². The quantitative estimate of drug-likeness (QED) is 0.834. The summed E-state index contributed by atoms with van der Waals surface area (Å²) in [6.07, 6.45) is 0. The van der Waals surface area contributed by atoms with Crippen molar-refractivity contribution in [1.29, 1.82) is 0 Å². The van der Waals surface area contributed by atoms with Gasteiger partial charge in [0.05, 0.1) is 0 Å². The molecule has 0 atom stereocenters. The standard InChI is InChI=1S/C19H21ClN2O/c1-14-6-7-18(15(2)12-14)19(23)22-10-8-21(9-11-22)17-5-3-4-16(20)13-17/h3-7,12-13H,8-11H2,1-2H3. The van der Waals surface area contributed by atoms with E-state index < -0.39 is 0 Å². The van der Waals surface area contributed by atoms with E-state index in [2.05, 4.69) is 17.0 Å². The second kappa shape index (κ2) is 6.63. The predicted octanol–water partition coefficient (Wildman–Crippen LogP) is 3.92. The van der Waals surface area contributed by atoms with Gasteiger partial charge in [-0.25, -0.2) is 0 Å². The lowest BCUT2D eigenvalue weighted by molar-refractivity contribution is 0.0746. The highest BCUT2D eigenvalue weighted by atomic mass is 35.5. The minimum absolute atomic E-state index is 0.133. The number of hydrogen-bond acceptors (Lipinski definition) is 2. The predicted molar refractivity (Wildman–Crippen MR) is 95.5 cm³/mol. The monoisotopic (exact) mass is 328 g/mol. The number of carbonyl (C=O) groups is 1. The third kappa shape index (κ3) is 3.50. The smallest absolute Gasteiger partial charge is 0.254 e. The zero-order chi connectivity index (χ0) is 16.4. The SMILES string of the molecule is Cc1ccc(C(=O)N2CCN(c3cccc(Cl)c3)CC2)c(C)c1. The molecule has 0 saturated carbocycles. The van der Waals surface area contributed by atoms with E-state index in [1.54, 1.807) is 0 Å². The lowest BCUT2D eigenvalue weighted by Crippen LogP contribution is -2.48. The third-order valence-electron chi connectivity index (χ3n) is 4.35. The van der Waals surface area contributed by atoms with Crippen molar-refractivity contribution in [1.82, 2.24) is 4.90 Å². The minimum atomic E-state index is 0.133. The van der Waals surface area contributed by atoms with Crippen LogP contribution in [0.5, 0.6) is 0 Å². The van der Waals surface area contributed by atoms with E-state index in [1.165, 1.54) is 5.56 Å². The van der Waals surface area contributed by atoms with Crippen molar-refractivity contribution >= 4 is 23.2 Å². The summed E-state index contributed by atoms with van der Waals surface area (Å²) in [5.41, 5.74) is 4.17. The number of nitrogens with zero attached hydrogens (tertiary/aromatic N) is 2. The maximum absolute atomic E-state index is 12.7. The van der Waals surface area contributed by atoms with Crippen molar-refractivity contribution < 1.29 is 4.79 Å². The fourth-order valence-corrected chi connectivity index (χ4v) is 3.25. The largest absolute Gasteiger partial charge is 0.368 e. The normalized spacial score (nSPS) is 14.9. The van der Waals surface area contributed by atoms with E-state index in [1.807, 2.05) is 49.1 Å². The van der Waals surface area contributed by atoms with Crippen LogP contribution >= 0.6 is 11.6 Å². The summed E-state index contributed by atoms with van der Waals surface area (Å²) in [4.78, 5) is 16.9. The molecule has 0 spiro atoms. The molecule has 0 N–H and O–H groups in total. The third-order valence-corrected chi connectivity index (χ3v) is 4.59. The molecule has 1 aliphatic rings. The number of hydrogen-bond donors (Lipinski definition) is 0. The molecule has 0 unspecified atom stereocenters. The first-order valence-electron chi connectivity index (χ1n) is 7.91. The highest BCUT2D eigenvalue weighted by Crippen LogP contribution is 2.22. The van der Waals surface area contributed by atoms with Gasteiger partial charge in [-0.15, -0.1) is 0 Å². The second-order valence-electron chi connectivity index (χ2n) is 6.08. The Balaban J connectivity index is 1.68. The Morgan fingerprint density at radius 2 is 1.74 bits per heavy atom. The summed E-state index contributed by atoms with van der Waals surface area (Å²) >= 11 is 6.06. The summed E-state index contributed by atoms with van der Waals surface area (Å²) in [6.45, 7) is 7.18. The maximum atomic E-state index is 12.7. The van der Waals surface area contributed by atoms with Crippen LogP contribution in [-0.4, -0.2) is 37.0 Å². The van der Waals surface area contributed by atoms with E-state index in [0.717, 1.165) is 48.0 Å². The first-order valence-corrected chi connectivity index (χ1v) is 8.29. The van der Waals surface area contributed by atoms with Crippen molar-refractivity contribution in [3.05, 3.63) is 64.2 Å². The molecule has 1 amide bonds. The van der Waals surface area contributed by atoms with Gasteiger partial charge in [0.1, 0.15) is 0 Å². The Morgan fingerprint density at radius 3 is 2.39 bits per heavy atom. The van der Waals surface area contributed by atoms with Gasteiger partial charge in [-0.1, -0.05) is 35.4 Å². The molecular weight excluding hydrogens is 308 g/mol. The molecule has 1 fully saturated rings. The molecule has 2 aromatic carbocycles. The van der Waals surface area contributed by atoms with Crippen LogP contribution in [0.2, 0.25) is 5.02 Å². The van der Waals surface area contributed by atoms with E-state index in [0.29, 0.717) is 0 Å². The molecule has 1 aliphatic heterocycles. The summed E-state index contributed by atoms with van der Waals surface area (Å²) in [5.74, 6) is 0.133. The highest BCUT2D eigenvalue weighted by Gasteiger charge is 2.23. The number of aryl methyl sites for hydroxylation is 2. The van der Waals surface area contributed by atoms with E-state index in [4.69, 9.17) is 11.6 Å². The Labute approximate surface area is 142 Å². The molecule has 0 radical (unpaired) electrons. The van der Waals surface area contributed by atoms with Crippen molar-refractivity contribution in [3.63, 3.8) is 0 Å². The fourth-order valence-electron chi connectivity index (χ4n) is 3.06. The molecule has 1 heterocycles. The van der Waals surface area contributed by atoms with Crippen LogP contribution in [0, 0.1) is 13.8 Å². The Bertz CT molecular complexity index is 721. The second-order valence-corrected chi connectivity index (χ2v) is 6.51. The summed E-state index contributed by atoms with van der Waals surface area (Å²) < 4.78 is 0. The van der Waals surface area contributed by atoms with E-state index in [9.17, 15) is 4.79 Å². The van der Waals surface area contributed by atoms with Gasteiger partial charge in [-0.2, -0.15) is 0 Å². The summed E-state index contributed by atoms with van der Waals surface area (Å²) in [5, 5.41) is 0.747. The zero-order valence-electron chi connectivity index (χ0n) is 13.6. The van der Waals surface area contributed by atoms with Crippen LogP contribution in [0.4, 0.5) is 5.69 Å². The summed E-state index contributed by atoms with van der Waals surface area (Å²) in [6, 6.07) is 13.9. The van der Waals surface area contributed by atoms with Gasteiger partial charge in [0.15, 0.2) is 0 Å². The van der Waals surface area contributed by atoms with E-state index >= 15 is 0 Å². The van der Waals surface area contributed by atoms with Gasteiger partial charge in [-0.3, -0.25) is 4.79 Å². The molecule has 0 aliphatic carbocycles. The number of piperazine rings is 1. The van der Waals surface area contributed by atoms with Crippen LogP contribution in [0.3, 0.4) is 0 Å². The summed E-state index contributed by atoms with van der Waals surface area (Å²) in [7, 11) is 0. The first-order chi connectivity index (χ1) is 11.0. The zero-order valence-corrected chi connectivity index (χ0v) is 14.3. The number of amides is 1. The Hall–Kier alpha value is -2.00. The van der Waals surface area contributed by atoms with Crippen molar-refractivity contribution in [2.75, 3.05) is 31.1 Å². The average molecular weight is 329 g/mol. The molecule has 0 bridgehead atoms. The van der Waals surface area contributed by atoms with Gasteiger partial charge in [0.2, 0.25) is 0 Å². The molecular formula is C19H21ClN2O. The molecule has 1 saturated heterocycles. The van der Waals surface area contributed by atoms with Gasteiger partial charge >= 0.3 is 0 Å². The topological polar surface area (TPSA) is 23.6 Å². The molecule has 120 valence electrons. The Morgan fingerprint density at radius 1 is 1.00 bits per heavy atom. The van der Waals surface area contributed by atoms with Crippen molar-refractivity contribution in [2.24, 2.45) is 0 Å². The molecule has 3 rings (SSSR count). The lowest BCUT2D eigenvalue weighted by atomic mass is 10.0. The van der Waals surface area contributed by atoms with Crippen LogP contribution < -0.4 is 4.90 Å². The highest BCUT2D eigenvalue weighted by molar-refractivity contribution is 6.30. The lowest BCUT2D eigenvalue weighted by Gasteiger charge is -2.36. The van der Waals surface area contributed by atoms with Crippen LogP contribution in [0.25, 0.3) is 0 Å². The number of rotatable bonds is 2. The Kier molecular flexibility index (Phi) is 4.58. The number of halogens is 1. The minimum Gasteiger partial charge on any atom is -0.368 e. The average Bonchev–Trinajstić information content (AvgIpc) is 2.54. The van der Waals surface area contributed by atoms with Gasteiger partial charge in [0, 0.05) is 42.5 Å². The van der Waals surface area contributed by atoms with Crippen LogP contribution in [-0.2, 0) is 0 Å². The molecule has 3 nitrogen and oxygen atoms in total.